The van der Waals surface area contributed by atoms with E-state index in [1.54, 1.807) is 6.92 Å². The van der Waals surface area contributed by atoms with Crippen molar-refractivity contribution in [3.63, 3.8) is 0 Å². The van der Waals surface area contributed by atoms with Crippen LogP contribution in [0, 0.1) is 6.92 Å². The van der Waals surface area contributed by atoms with Gasteiger partial charge < -0.3 is 10.8 Å². The molecule has 0 radical (unpaired) electrons. The van der Waals surface area contributed by atoms with Crippen molar-refractivity contribution in [3.05, 3.63) is 5.82 Å². The van der Waals surface area contributed by atoms with Crippen LogP contribution in [0.5, 0.6) is 0 Å². The van der Waals surface area contributed by atoms with E-state index in [-0.39, 0.29) is 5.75 Å². The summed E-state index contributed by atoms with van der Waals surface area (Å²) in [4.78, 5) is 14.3. The van der Waals surface area contributed by atoms with E-state index in [0.29, 0.717) is 11.0 Å². The Bertz CT molecular complexity index is 301. The largest absolute Gasteiger partial charge is 0.480 e. The SMILES string of the molecule is Cc1nc(SCC(N)C(=O)O)n[nH]1. The molecule has 7 heteroatoms. The Morgan fingerprint density at radius 2 is 2.54 bits per heavy atom. The number of carbonyl (C=O) groups is 1. The first-order valence-corrected chi connectivity index (χ1v) is 4.58. The molecule has 0 saturated carbocycles. The normalized spacial score (nSPS) is 12.8. The molecule has 0 aliphatic heterocycles. The van der Waals surface area contributed by atoms with Gasteiger partial charge in [-0.3, -0.25) is 9.89 Å². The standard InChI is InChI=1S/C6H10N4O2S/c1-3-8-6(10-9-3)13-2-4(7)5(11)12/h4H,2,7H2,1H3,(H,11,12)(H,8,9,10). The van der Waals surface area contributed by atoms with Gasteiger partial charge in [0.1, 0.15) is 11.9 Å². The fraction of sp³-hybridized carbons (Fsp3) is 0.500. The molecule has 4 N–H and O–H groups in total. The summed E-state index contributed by atoms with van der Waals surface area (Å²) in [7, 11) is 0. The van der Waals surface area contributed by atoms with Crippen LogP contribution in [0.25, 0.3) is 0 Å². The zero-order chi connectivity index (χ0) is 9.84. The fourth-order valence-corrected chi connectivity index (χ4v) is 1.41. The predicted octanol–water partition coefficient (Wildman–Crippen LogP) is -0.383. The number of aromatic nitrogens is 3. The summed E-state index contributed by atoms with van der Waals surface area (Å²) in [5.41, 5.74) is 5.28. The summed E-state index contributed by atoms with van der Waals surface area (Å²) in [6.07, 6.45) is 0. The minimum atomic E-state index is -1.01. The highest BCUT2D eigenvalue weighted by atomic mass is 32.2. The molecule has 1 unspecified atom stereocenters. The molecule has 0 aromatic carbocycles. The maximum Gasteiger partial charge on any atom is 0.321 e. The molecule has 1 atom stereocenters. The summed E-state index contributed by atoms with van der Waals surface area (Å²) in [6.45, 7) is 1.77. The number of nitrogens with zero attached hydrogens (tertiary/aromatic N) is 2. The van der Waals surface area contributed by atoms with Gasteiger partial charge in [0.2, 0.25) is 5.16 Å². The van der Waals surface area contributed by atoms with Crippen LogP contribution >= 0.6 is 11.8 Å². The highest BCUT2D eigenvalue weighted by molar-refractivity contribution is 7.99. The highest BCUT2D eigenvalue weighted by Crippen LogP contribution is 2.12. The van der Waals surface area contributed by atoms with Crippen molar-refractivity contribution in [1.29, 1.82) is 0 Å². The number of hydrogen-bond donors (Lipinski definition) is 3. The van der Waals surface area contributed by atoms with Crippen molar-refractivity contribution in [2.24, 2.45) is 5.73 Å². The third-order valence-electron chi connectivity index (χ3n) is 1.29. The molecule has 72 valence electrons. The lowest BCUT2D eigenvalue weighted by Gasteiger charge is -2.01. The molecule has 0 amide bonds. The van der Waals surface area contributed by atoms with Crippen LogP contribution in [0.15, 0.2) is 5.16 Å². The first-order chi connectivity index (χ1) is 6.09. The molecule has 6 nitrogen and oxygen atoms in total. The average molecular weight is 202 g/mol. The number of aromatic amines is 1. The minimum Gasteiger partial charge on any atom is -0.480 e. The Morgan fingerprint density at radius 3 is 3.00 bits per heavy atom. The summed E-state index contributed by atoms with van der Waals surface area (Å²) < 4.78 is 0. The number of nitrogens with one attached hydrogen (secondary N) is 1. The average Bonchev–Trinajstić information content (AvgIpc) is 2.47. The van der Waals surface area contributed by atoms with Gasteiger partial charge in [0.15, 0.2) is 0 Å². The number of carboxylic acid groups (broad SMARTS) is 1. The van der Waals surface area contributed by atoms with E-state index >= 15 is 0 Å². The Balaban J connectivity index is 2.39. The van der Waals surface area contributed by atoms with Crippen LogP contribution < -0.4 is 5.73 Å². The fourth-order valence-electron chi connectivity index (χ4n) is 0.622. The first kappa shape index (κ1) is 10.0. The van der Waals surface area contributed by atoms with E-state index in [1.807, 2.05) is 0 Å². The van der Waals surface area contributed by atoms with E-state index in [1.165, 1.54) is 11.8 Å². The molecule has 0 spiro atoms. The Morgan fingerprint density at radius 1 is 1.85 bits per heavy atom. The molecule has 0 saturated heterocycles. The van der Waals surface area contributed by atoms with E-state index in [9.17, 15) is 4.79 Å². The van der Waals surface area contributed by atoms with E-state index < -0.39 is 12.0 Å². The van der Waals surface area contributed by atoms with Crippen LogP contribution in [0.3, 0.4) is 0 Å². The van der Waals surface area contributed by atoms with Gasteiger partial charge in [0.05, 0.1) is 0 Å². The monoisotopic (exact) mass is 202 g/mol. The molecule has 0 aliphatic carbocycles. The number of thioether (sulfide) groups is 1. The Labute approximate surface area is 78.9 Å². The maximum atomic E-state index is 10.3. The number of aliphatic carboxylic acids is 1. The second-order valence-electron chi connectivity index (χ2n) is 2.46. The molecular weight excluding hydrogens is 192 g/mol. The lowest BCUT2D eigenvalue weighted by atomic mass is 10.4. The summed E-state index contributed by atoms with van der Waals surface area (Å²) in [5, 5.41) is 15.5. The number of carboxylic acids is 1. The zero-order valence-electron chi connectivity index (χ0n) is 7.02. The first-order valence-electron chi connectivity index (χ1n) is 3.60. The molecular formula is C6H10N4O2S. The Kier molecular flexibility index (Phi) is 3.26. The maximum absolute atomic E-state index is 10.3. The van der Waals surface area contributed by atoms with Gasteiger partial charge in [-0.25, -0.2) is 4.98 Å². The van der Waals surface area contributed by atoms with Gasteiger partial charge in [-0.05, 0) is 6.92 Å². The van der Waals surface area contributed by atoms with E-state index in [4.69, 9.17) is 10.8 Å². The van der Waals surface area contributed by atoms with Crippen molar-refractivity contribution in [1.82, 2.24) is 15.2 Å². The predicted molar refractivity (Wildman–Crippen MR) is 47.5 cm³/mol. The van der Waals surface area contributed by atoms with E-state index in [0.717, 1.165) is 0 Å². The topological polar surface area (TPSA) is 105 Å². The summed E-state index contributed by atoms with van der Waals surface area (Å²) in [6, 6.07) is -0.871. The lowest BCUT2D eigenvalue weighted by Crippen LogP contribution is -2.32. The van der Waals surface area contributed by atoms with E-state index in [2.05, 4.69) is 15.2 Å². The van der Waals surface area contributed by atoms with Gasteiger partial charge in [-0.15, -0.1) is 5.10 Å². The zero-order valence-corrected chi connectivity index (χ0v) is 7.84. The molecule has 1 aromatic rings. The lowest BCUT2D eigenvalue weighted by molar-refractivity contribution is -0.137. The quantitative estimate of drug-likeness (QED) is 0.575. The number of H-pyrrole nitrogens is 1. The van der Waals surface area contributed by atoms with Crippen molar-refractivity contribution in [2.75, 3.05) is 5.75 Å². The van der Waals surface area contributed by atoms with Crippen molar-refractivity contribution >= 4 is 17.7 Å². The molecule has 13 heavy (non-hydrogen) atoms. The molecule has 1 rings (SSSR count). The van der Waals surface area contributed by atoms with Crippen molar-refractivity contribution in [3.8, 4) is 0 Å². The second-order valence-corrected chi connectivity index (χ2v) is 3.45. The highest BCUT2D eigenvalue weighted by Gasteiger charge is 2.12. The minimum absolute atomic E-state index is 0.270. The van der Waals surface area contributed by atoms with Gasteiger partial charge in [-0.2, -0.15) is 0 Å². The second kappa shape index (κ2) is 4.24. The third kappa shape index (κ3) is 3.03. The number of aryl methyl sites for hydroxylation is 1. The Hall–Kier alpha value is -1.08. The molecule has 0 bridgehead atoms. The molecule has 1 heterocycles. The van der Waals surface area contributed by atoms with Gasteiger partial charge >= 0.3 is 5.97 Å². The van der Waals surface area contributed by atoms with Gasteiger partial charge in [-0.1, -0.05) is 11.8 Å². The number of rotatable bonds is 4. The van der Waals surface area contributed by atoms with Crippen LogP contribution in [-0.4, -0.2) is 38.1 Å². The number of hydrogen-bond acceptors (Lipinski definition) is 5. The van der Waals surface area contributed by atoms with Crippen LogP contribution in [-0.2, 0) is 4.79 Å². The van der Waals surface area contributed by atoms with Gasteiger partial charge in [0.25, 0.3) is 0 Å². The van der Waals surface area contributed by atoms with Crippen molar-refractivity contribution in [2.45, 2.75) is 18.1 Å². The van der Waals surface area contributed by atoms with Crippen LogP contribution in [0.2, 0.25) is 0 Å². The summed E-state index contributed by atoms with van der Waals surface area (Å²) >= 11 is 1.22. The smallest absolute Gasteiger partial charge is 0.321 e. The van der Waals surface area contributed by atoms with Crippen molar-refractivity contribution < 1.29 is 9.90 Å². The molecule has 1 aromatic heterocycles. The third-order valence-corrected chi connectivity index (χ3v) is 2.25. The van der Waals surface area contributed by atoms with Crippen LogP contribution in [0.1, 0.15) is 5.82 Å². The van der Waals surface area contributed by atoms with Crippen LogP contribution in [0.4, 0.5) is 0 Å². The summed E-state index contributed by atoms with van der Waals surface area (Å²) in [5.74, 6) is -0.0433. The van der Waals surface area contributed by atoms with Gasteiger partial charge in [0, 0.05) is 5.75 Å². The molecule has 0 fully saturated rings. The molecule has 0 aliphatic rings. The number of nitrogens with two attached hydrogens (primary N) is 1.